The van der Waals surface area contributed by atoms with Gasteiger partial charge in [0.15, 0.2) is 0 Å². The maximum Gasteiger partial charge on any atom is 0.303 e. The third-order valence-electron chi connectivity index (χ3n) is 7.01. The molecule has 2 aliphatic rings. The van der Waals surface area contributed by atoms with Crippen LogP contribution in [0.5, 0.6) is 0 Å². The second-order valence-corrected chi connectivity index (χ2v) is 9.34. The first-order valence-corrected chi connectivity index (χ1v) is 11.9. The average Bonchev–Trinajstić information content (AvgIpc) is 3.29. The zero-order valence-corrected chi connectivity index (χ0v) is 19.0. The van der Waals surface area contributed by atoms with Crippen molar-refractivity contribution in [3.05, 3.63) is 83.9 Å². The lowest BCUT2D eigenvalue weighted by atomic mass is 9.77. The minimum Gasteiger partial charge on any atom is -0.481 e. The Labute approximate surface area is 199 Å². The highest BCUT2D eigenvalue weighted by Crippen LogP contribution is 2.38. The Kier molecular flexibility index (Phi) is 6.26. The third kappa shape index (κ3) is 4.93. The number of rotatable bonds is 6. The normalized spacial score (nSPS) is 19.2. The van der Waals surface area contributed by atoms with Gasteiger partial charge in [-0.25, -0.2) is 4.99 Å². The minimum absolute atomic E-state index is 0.161. The lowest BCUT2D eigenvalue weighted by Crippen LogP contribution is -2.22. The first kappa shape index (κ1) is 22.1. The maximum atomic E-state index is 12.6. The third-order valence-corrected chi connectivity index (χ3v) is 7.01. The predicted octanol–water partition coefficient (Wildman–Crippen LogP) is 6.37. The van der Waals surface area contributed by atoms with E-state index in [-0.39, 0.29) is 5.91 Å². The Hall–Kier alpha value is -3.73. The molecular formula is C29H28N2O3. The molecule has 0 spiro atoms. The second-order valence-electron chi connectivity index (χ2n) is 9.34. The van der Waals surface area contributed by atoms with Crippen molar-refractivity contribution in [3.63, 3.8) is 0 Å². The summed E-state index contributed by atoms with van der Waals surface area (Å²) in [5, 5.41) is 11.9. The summed E-state index contributed by atoms with van der Waals surface area (Å²) in [6, 6.07) is 24.4. The molecule has 0 bridgehead atoms. The fourth-order valence-electron chi connectivity index (χ4n) is 5.13. The van der Waals surface area contributed by atoms with Gasteiger partial charge in [0.2, 0.25) is 0 Å². The largest absolute Gasteiger partial charge is 0.481 e. The number of hydrogen-bond acceptors (Lipinski definition) is 3. The van der Waals surface area contributed by atoms with Gasteiger partial charge in [0.25, 0.3) is 5.91 Å². The van der Waals surface area contributed by atoms with Gasteiger partial charge in [-0.05, 0) is 84.0 Å². The molecule has 1 aliphatic heterocycles. The fourth-order valence-corrected chi connectivity index (χ4v) is 5.13. The van der Waals surface area contributed by atoms with Crippen LogP contribution in [0.3, 0.4) is 0 Å². The lowest BCUT2D eigenvalue weighted by Gasteiger charge is -2.28. The predicted molar refractivity (Wildman–Crippen MR) is 135 cm³/mol. The fraction of sp³-hybridized carbons (Fsp3) is 0.276. The van der Waals surface area contributed by atoms with E-state index in [2.05, 4.69) is 46.7 Å². The number of para-hydroxylation sites is 1. The first-order valence-electron chi connectivity index (χ1n) is 11.9. The molecule has 1 amide bonds. The molecule has 5 rings (SSSR count). The molecule has 0 saturated heterocycles. The molecule has 0 aromatic heterocycles. The van der Waals surface area contributed by atoms with Gasteiger partial charge in [-0.2, -0.15) is 0 Å². The van der Waals surface area contributed by atoms with Crippen LogP contribution in [-0.2, 0) is 16.0 Å². The van der Waals surface area contributed by atoms with Crippen molar-refractivity contribution in [3.8, 4) is 11.1 Å². The molecule has 1 saturated carbocycles. The van der Waals surface area contributed by atoms with Crippen LogP contribution in [0, 0.1) is 5.92 Å². The summed E-state index contributed by atoms with van der Waals surface area (Å²) < 4.78 is 0. The summed E-state index contributed by atoms with van der Waals surface area (Å²) >= 11 is 0. The average molecular weight is 453 g/mol. The summed E-state index contributed by atoms with van der Waals surface area (Å²) in [6.45, 7) is 0. The van der Waals surface area contributed by atoms with Gasteiger partial charge in [0, 0.05) is 18.5 Å². The molecule has 0 radical (unpaired) electrons. The first-order chi connectivity index (χ1) is 16.5. The van der Waals surface area contributed by atoms with Crippen molar-refractivity contribution >= 4 is 29.0 Å². The number of hydrogen-bond donors (Lipinski definition) is 2. The molecule has 1 fully saturated rings. The summed E-state index contributed by atoms with van der Waals surface area (Å²) in [4.78, 5) is 28.1. The van der Waals surface area contributed by atoms with Crippen molar-refractivity contribution in [1.82, 2.24) is 0 Å². The number of fused-ring (bicyclic) bond motifs is 1. The van der Waals surface area contributed by atoms with Gasteiger partial charge >= 0.3 is 5.97 Å². The van der Waals surface area contributed by atoms with Crippen LogP contribution in [0.2, 0.25) is 0 Å². The highest BCUT2D eigenvalue weighted by Gasteiger charge is 2.24. The van der Waals surface area contributed by atoms with Crippen LogP contribution >= 0.6 is 0 Å². The molecule has 1 aliphatic carbocycles. The lowest BCUT2D eigenvalue weighted by molar-refractivity contribution is -0.138. The van der Waals surface area contributed by atoms with E-state index in [4.69, 9.17) is 5.11 Å². The summed E-state index contributed by atoms with van der Waals surface area (Å²) in [7, 11) is 0. The van der Waals surface area contributed by atoms with Crippen molar-refractivity contribution in [2.75, 3.05) is 5.32 Å². The maximum absolute atomic E-state index is 12.6. The van der Waals surface area contributed by atoms with Gasteiger partial charge in [0.05, 0.1) is 5.69 Å². The molecule has 5 heteroatoms. The molecule has 2 N–H and O–H groups in total. The van der Waals surface area contributed by atoms with E-state index in [9.17, 15) is 9.59 Å². The molecule has 3 aromatic rings. The van der Waals surface area contributed by atoms with Crippen molar-refractivity contribution in [2.45, 2.75) is 44.4 Å². The molecular weight excluding hydrogens is 424 g/mol. The van der Waals surface area contributed by atoms with Gasteiger partial charge in [-0.3, -0.25) is 9.59 Å². The van der Waals surface area contributed by atoms with Gasteiger partial charge in [-0.15, -0.1) is 0 Å². The zero-order chi connectivity index (χ0) is 23.5. The van der Waals surface area contributed by atoms with Crippen LogP contribution in [0.15, 0.2) is 77.8 Å². The van der Waals surface area contributed by atoms with E-state index in [0.717, 1.165) is 53.7 Å². The molecule has 5 nitrogen and oxygen atoms in total. The molecule has 34 heavy (non-hydrogen) atoms. The topological polar surface area (TPSA) is 78.8 Å². The number of amides is 1. The van der Waals surface area contributed by atoms with Crippen LogP contribution in [0.4, 0.5) is 11.4 Å². The number of nitrogens with one attached hydrogen (secondary N) is 1. The highest BCUT2D eigenvalue weighted by atomic mass is 16.4. The number of anilines is 1. The molecule has 1 heterocycles. The Balaban J connectivity index is 1.22. The molecule has 0 unspecified atom stereocenters. The van der Waals surface area contributed by atoms with E-state index in [1.165, 1.54) is 5.56 Å². The number of carbonyl (C=O) groups is 2. The van der Waals surface area contributed by atoms with Crippen LogP contribution in [0.25, 0.3) is 11.1 Å². The smallest absolute Gasteiger partial charge is 0.303 e. The number of aliphatic carboxylic acids is 1. The monoisotopic (exact) mass is 452 g/mol. The number of carbonyl (C=O) groups excluding carboxylic acids is 1. The number of aliphatic imine (C=N–C) groups is 1. The Bertz CT molecular complexity index is 1220. The van der Waals surface area contributed by atoms with Crippen LogP contribution in [-0.4, -0.2) is 22.7 Å². The summed E-state index contributed by atoms with van der Waals surface area (Å²) in [5.41, 5.74) is 6.82. The number of nitrogens with zero attached hydrogens (tertiary/aromatic N) is 1. The van der Waals surface area contributed by atoms with Crippen LogP contribution in [0.1, 0.15) is 49.1 Å². The zero-order valence-electron chi connectivity index (χ0n) is 19.0. The van der Waals surface area contributed by atoms with E-state index in [1.54, 1.807) is 0 Å². The molecule has 172 valence electrons. The Morgan fingerprint density at radius 2 is 1.59 bits per heavy atom. The molecule has 3 aromatic carbocycles. The Morgan fingerprint density at radius 3 is 2.29 bits per heavy atom. The SMILES string of the molecule is O=C(O)CC1CCC(c2ccc(-c3ccc4c(c3)CC(C(=O)Nc3ccccc3)=N4)cc2)CC1. The van der Waals surface area contributed by atoms with E-state index < -0.39 is 5.97 Å². The van der Waals surface area contributed by atoms with Gasteiger partial charge in [0.1, 0.15) is 5.71 Å². The number of benzene rings is 3. The quantitative estimate of drug-likeness (QED) is 0.456. The summed E-state index contributed by atoms with van der Waals surface area (Å²) in [6.07, 6.45) is 4.92. The van der Waals surface area contributed by atoms with Crippen molar-refractivity contribution < 1.29 is 14.7 Å². The number of carboxylic acids is 1. The standard InChI is InChI=1S/C29H28N2O3/c32-28(33)16-19-6-8-20(9-7-19)21-10-12-22(13-11-21)23-14-15-26-24(17-23)18-27(31-26)29(34)30-25-4-2-1-3-5-25/h1-5,10-15,17,19-20H,6-9,16,18H2,(H,30,34)(H,32,33). The number of carboxylic acid groups (broad SMARTS) is 1. The van der Waals surface area contributed by atoms with Crippen LogP contribution < -0.4 is 5.32 Å². The van der Waals surface area contributed by atoms with Gasteiger partial charge < -0.3 is 10.4 Å². The second kappa shape index (κ2) is 9.64. The minimum atomic E-state index is -0.684. The van der Waals surface area contributed by atoms with E-state index in [0.29, 0.717) is 30.4 Å². The van der Waals surface area contributed by atoms with E-state index >= 15 is 0 Å². The van der Waals surface area contributed by atoms with E-state index in [1.807, 2.05) is 36.4 Å². The summed E-state index contributed by atoms with van der Waals surface area (Å²) in [5.74, 6) is -0.0117. The van der Waals surface area contributed by atoms with Crippen molar-refractivity contribution in [1.29, 1.82) is 0 Å². The Morgan fingerprint density at radius 1 is 0.882 bits per heavy atom. The highest BCUT2D eigenvalue weighted by molar-refractivity contribution is 6.44. The van der Waals surface area contributed by atoms with Gasteiger partial charge in [-0.1, -0.05) is 48.5 Å². The molecule has 0 atom stereocenters. The van der Waals surface area contributed by atoms with Crippen molar-refractivity contribution in [2.24, 2.45) is 10.9 Å².